The number of carbonyl (C=O) groups excluding carboxylic acids is 3. The zero-order chi connectivity index (χ0) is 28.4. The van der Waals surface area contributed by atoms with E-state index >= 15 is 0 Å². The SMILES string of the molecule is Cn1cc(-c2ccc3c(c2)CCC32OC(=O)N(CC(=O)N3Cc4cc(F)ccc4OC[C@H]3C(F)(F)F)C2=O)cn1. The van der Waals surface area contributed by atoms with Crippen LogP contribution in [0.4, 0.5) is 22.4 Å². The Labute approximate surface area is 224 Å². The number of hydrogen-bond acceptors (Lipinski definition) is 6. The Bertz CT molecular complexity index is 1550. The molecule has 9 nitrogen and oxygen atoms in total. The first-order valence-electron chi connectivity index (χ1n) is 12.4. The number of halogens is 4. The van der Waals surface area contributed by atoms with Crippen molar-refractivity contribution in [1.29, 1.82) is 0 Å². The molecule has 2 aromatic carbocycles. The van der Waals surface area contributed by atoms with E-state index in [-0.39, 0.29) is 17.7 Å². The van der Waals surface area contributed by atoms with Crippen molar-refractivity contribution in [2.75, 3.05) is 13.2 Å². The number of amides is 3. The number of carbonyl (C=O) groups is 3. The molecule has 0 bridgehead atoms. The van der Waals surface area contributed by atoms with Gasteiger partial charge in [0.1, 0.15) is 24.7 Å². The van der Waals surface area contributed by atoms with Crippen molar-refractivity contribution in [3.8, 4) is 16.9 Å². The van der Waals surface area contributed by atoms with E-state index in [1.807, 2.05) is 12.3 Å². The van der Waals surface area contributed by atoms with Crippen molar-refractivity contribution in [1.82, 2.24) is 19.6 Å². The maximum Gasteiger partial charge on any atom is 0.418 e. The second kappa shape index (κ2) is 9.07. The van der Waals surface area contributed by atoms with E-state index < -0.39 is 61.2 Å². The van der Waals surface area contributed by atoms with Gasteiger partial charge in [0.05, 0.1) is 12.7 Å². The maximum atomic E-state index is 13.9. The molecule has 0 radical (unpaired) electrons. The van der Waals surface area contributed by atoms with Crippen LogP contribution in [0.2, 0.25) is 0 Å². The third-order valence-corrected chi connectivity index (χ3v) is 7.53. The van der Waals surface area contributed by atoms with Crippen LogP contribution >= 0.6 is 0 Å². The van der Waals surface area contributed by atoms with Crippen molar-refractivity contribution >= 4 is 17.9 Å². The second-order valence-corrected chi connectivity index (χ2v) is 10.0. The normalized spacial score (nSPS) is 22.2. The van der Waals surface area contributed by atoms with Gasteiger partial charge in [-0.3, -0.25) is 14.3 Å². The highest BCUT2D eigenvalue weighted by Gasteiger charge is 2.59. The van der Waals surface area contributed by atoms with Gasteiger partial charge in [-0.1, -0.05) is 18.2 Å². The summed E-state index contributed by atoms with van der Waals surface area (Å²) in [4.78, 5) is 40.7. The summed E-state index contributed by atoms with van der Waals surface area (Å²) >= 11 is 0. The summed E-state index contributed by atoms with van der Waals surface area (Å²) in [6.45, 7) is -2.53. The molecule has 3 heterocycles. The van der Waals surface area contributed by atoms with Crippen LogP contribution in [0, 0.1) is 5.82 Å². The summed E-state index contributed by atoms with van der Waals surface area (Å²) in [7, 11) is 1.78. The Hall–Kier alpha value is -4.42. The van der Waals surface area contributed by atoms with Gasteiger partial charge in [-0.25, -0.2) is 14.1 Å². The molecule has 1 spiro atoms. The van der Waals surface area contributed by atoms with Gasteiger partial charge in [0.25, 0.3) is 5.91 Å². The number of hydrogen-bond donors (Lipinski definition) is 0. The highest BCUT2D eigenvalue weighted by molar-refractivity contribution is 6.06. The highest BCUT2D eigenvalue weighted by Crippen LogP contribution is 2.46. The van der Waals surface area contributed by atoms with Crippen LogP contribution < -0.4 is 4.74 Å². The summed E-state index contributed by atoms with van der Waals surface area (Å²) in [6.07, 6.45) is -1.95. The third-order valence-electron chi connectivity index (χ3n) is 7.53. The Kier molecular flexibility index (Phi) is 5.86. The molecule has 2 atom stereocenters. The lowest BCUT2D eigenvalue weighted by Crippen LogP contribution is -2.53. The van der Waals surface area contributed by atoms with Crippen molar-refractivity contribution in [3.63, 3.8) is 0 Å². The van der Waals surface area contributed by atoms with Crippen LogP contribution in [0.15, 0.2) is 48.8 Å². The number of ether oxygens (including phenoxy) is 2. The first-order chi connectivity index (χ1) is 19.0. The fourth-order valence-corrected chi connectivity index (χ4v) is 5.53. The van der Waals surface area contributed by atoms with E-state index in [0.717, 1.165) is 28.8 Å². The predicted molar refractivity (Wildman–Crippen MR) is 129 cm³/mol. The maximum absolute atomic E-state index is 13.9. The minimum absolute atomic E-state index is 0.00905. The van der Waals surface area contributed by atoms with Crippen LogP contribution in [-0.4, -0.2) is 62.9 Å². The van der Waals surface area contributed by atoms with Gasteiger partial charge < -0.3 is 14.4 Å². The molecule has 3 aliphatic rings. The molecule has 0 N–H and O–H groups in total. The lowest BCUT2D eigenvalue weighted by atomic mass is 9.93. The number of alkyl halides is 3. The molecule has 1 fully saturated rings. The number of fused-ring (bicyclic) bond motifs is 3. The quantitative estimate of drug-likeness (QED) is 0.456. The Balaban J connectivity index is 1.26. The summed E-state index contributed by atoms with van der Waals surface area (Å²) < 4.78 is 68.1. The first-order valence-corrected chi connectivity index (χ1v) is 12.4. The molecule has 40 heavy (non-hydrogen) atoms. The lowest BCUT2D eigenvalue weighted by molar-refractivity contribution is -0.195. The van der Waals surface area contributed by atoms with Crippen LogP contribution in [-0.2, 0) is 39.9 Å². The van der Waals surface area contributed by atoms with Crippen molar-refractivity contribution in [2.45, 2.75) is 37.2 Å². The third kappa shape index (κ3) is 4.16. The number of benzene rings is 2. The van der Waals surface area contributed by atoms with E-state index in [4.69, 9.17) is 9.47 Å². The topological polar surface area (TPSA) is 94.0 Å². The fourth-order valence-electron chi connectivity index (χ4n) is 5.53. The highest BCUT2D eigenvalue weighted by atomic mass is 19.4. The van der Waals surface area contributed by atoms with Gasteiger partial charge in [0, 0.05) is 36.4 Å². The molecule has 3 amide bonds. The fraction of sp³-hybridized carbons (Fsp3) is 0.333. The van der Waals surface area contributed by atoms with Gasteiger partial charge in [-0.15, -0.1) is 0 Å². The number of imide groups is 1. The van der Waals surface area contributed by atoms with E-state index in [9.17, 15) is 31.9 Å². The molecular formula is C27H22F4N4O5. The molecule has 208 valence electrons. The van der Waals surface area contributed by atoms with E-state index in [1.165, 1.54) is 6.07 Å². The van der Waals surface area contributed by atoms with Gasteiger partial charge in [0.15, 0.2) is 6.04 Å². The predicted octanol–water partition coefficient (Wildman–Crippen LogP) is 3.70. The molecule has 1 saturated heterocycles. The standard InChI is InChI=1S/C27H22F4N4O5/c1-33-11-18(10-32-33)15-2-4-20-16(8-15)6-7-26(20)24(37)35(25(38)40-26)13-23(36)34-12-17-9-19(28)3-5-21(17)39-14-22(34)27(29,30)31/h2-5,8-11,22H,6-7,12-14H2,1H3/t22-,26?/m0/s1. The minimum Gasteiger partial charge on any atom is -0.491 e. The minimum atomic E-state index is -4.89. The average molecular weight is 558 g/mol. The molecule has 0 saturated carbocycles. The van der Waals surface area contributed by atoms with Gasteiger partial charge in [0.2, 0.25) is 11.5 Å². The lowest BCUT2D eigenvalue weighted by Gasteiger charge is -2.31. The van der Waals surface area contributed by atoms with Gasteiger partial charge in [-0.05, 0) is 35.7 Å². The summed E-state index contributed by atoms with van der Waals surface area (Å²) in [5, 5.41) is 4.15. The molecule has 1 aliphatic carbocycles. The zero-order valence-corrected chi connectivity index (χ0v) is 21.1. The Morgan fingerprint density at radius 2 is 1.93 bits per heavy atom. The van der Waals surface area contributed by atoms with Crippen molar-refractivity contribution < 1.29 is 41.4 Å². The average Bonchev–Trinajstić information content (AvgIpc) is 3.51. The number of nitrogens with zero attached hydrogens (tertiary/aromatic N) is 4. The molecule has 2 aliphatic heterocycles. The van der Waals surface area contributed by atoms with Gasteiger partial charge >= 0.3 is 12.3 Å². The molecule has 6 rings (SSSR count). The Morgan fingerprint density at radius 1 is 1.12 bits per heavy atom. The van der Waals surface area contributed by atoms with Crippen LogP contribution in [0.25, 0.3) is 11.1 Å². The molecular weight excluding hydrogens is 536 g/mol. The first kappa shape index (κ1) is 25.8. The van der Waals surface area contributed by atoms with Crippen LogP contribution in [0.1, 0.15) is 23.1 Å². The summed E-state index contributed by atoms with van der Waals surface area (Å²) in [5.74, 6) is -2.68. The molecule has 3 aromatic rings. The smallest absolute Gasteiger partial charge is 0.418 e. The van der Waals surface area contributed by atoms with Crippen LogP contribution in [0.5, 0.6) is 5.75 Å². The molecule has 1 aromatic heterocycles. The molecule has 1 unspecified atom stereocenters. The van der Waals surface area contributed by atoms with Crippen LogP contribution in [0.3, 0.4) is 0 Å². The zero-order valence-electron chi connectivity index (χ0n) is 21.1. The van der Waals surface area contributed by atoms with E-state index in [2.05, 4.69) is 5.10 Å². The van der Waals surface area contributed by atoms with Gasteiger partial charge in [-0.2, -0.15) is 18.3 Å². The molecule has 13 heteroatoms. The summed E-state index contributed by atoms with van der Waals surface area (Å²) in [5.41, 5.74) is 1.31. The van der Waals surface area contributed by atoms with E-state index in [1.54, 1.807) is 30.1 Å². The second-order valence-electron chi connectivity index (χ2n) is 10.0. The monoisotopic (exact) mass is 558 g/mol. The van der Waals surface area contributed by atoms with Crippen molar-refractivity contribution in [3.05, 3.63) is 71.3 Å². The van der Waals surface area contributed by atoms with Crippen molar-refractivity contribution in [2.24, 2.45) is 7.05 Å². The number of rotatable bonds is 3. The summed E-state index contributed by atoms with van der Waals surface area (Å²) in [6, 6.07) is 6.14. The number of aromatic nitrogens is 2. The van der Waals surface area contributed by atoms with E-state index in [0.29, 0.717) is 21.8 Å². The largest absolute Gasteiger partial charge is 0.491 e. The Morgan fingerprint density at radius 3 is 2.65 bits per heavy atom. The number of aryl methyl sites for hydroxylation is 2.